The van der Waals surface area contributed by atoms with Crippen LogP contribution in [0.15, 0.2) is 72.8 Å². The largest absolute Gasteiger partial charge is 0.508 e. The first-order valence-electron chi connectivity index (χ1n) is 10.8. The minimum absolute atomic E-state index is 0.1000. The van der Waals surface area contributed by atoms with Crippen LogP contribution in [0, 0.1) is 0 Å². The van der Waals surface area contributed by atoms with E-state index in [1.165, 1.54) is 12.1 Å². The van der Waals surface area contributed by atoms with Crippen molar-refractivity contribution in [2.45, 2.75) is 0 Å². The Morgan fingerprint density at radius 2 is 1.69 bits per heavy atom. The van der Waals surface area contributed by atoms with Crippen LogP contribution in [-0.4, -0.2) is 56.1 Å². The van der Waals surface area contributed by atoms with Crippen LogP contribution < -0.4 is 9.64 Å². The first-order chi connectivity index (χ1) is 15.5. The smallest absolute Gasteiger partial charge is 0.185 e. The number of ether oxygens (including phenoxy) is 1. The number of benzene rings is 3. The van der Waals surface area contributed by atoms with E-state index in [1.807, 2.05) is 30.3 Å². The van der Waals surface area contributed by atoms with Gasteiger partial charge in [-0.15, -0.1) is 0 Å². The molecule has 164 valence electrons. The highest BCUT2D eigenvalue weighted by Gasteiger charge is 2.17. The number of para-hydroxylation sites is 1. The van der Waals surface area contributed by atoms with Gasteiger partial charge in [-0.2, -0.15) is 0 Å². The van der Waals surface area contributed by atoms with E-state index in [0.717, 1.165) is 54.3 Å². The van der Waals surface area contributed by atoms with E-state index in [2.05, 4.69) is 35.0 Å². The van der Waals surface area contributed by atoms with Crippen LogP contribution in [0.2, 0.25) is 0 Å². The SMILES string of the molecule is COc1ccccc1-c1ccc(N2CCN(C)CC2)c(C=CC(=O)c2ccc(O)cc2)c1. The van der Waals surface area contributed by atoms with Crippen molar-refractivity contribution < 1.29 is 14.6 Å². The second-order valence-corrected chi connectivity index (χ2v) is 8.01. The quantitative estimate of drug-likeness (QED) is 0.455. The van der Waals surface area contributed by atoms with Crippen molar-refractivity contribution in [3.63, 3.8) is 0 Å². The molecule has 1 saturated heterocycles. The summed E-state index contributed by atoms with van der Waals surface area (Å²) in [6.45, 7) is 3.89. The number of carbonyl (C=O) groups is 1. The van der Waals surface area contributed by atoms with Crippen LogP contribution >= 0.6 is 0 Å². The zero-order chi connectivity index (χ0) is 22.5. The number of piperazine rings is 1. The van der Waals surface area contributed by atoms with Gasteiger partial charge in [-0.3, -0.25) is 4.79 Å². The third-order valence-corrected chi connectivity index (χ3v) is 5.86. The molecule has 1 heterocycles. The van der Waals surface area contributed by atoms with E-state index in [-0.39, 0.29) is 11.5 Å². The molecule has 3 aromatic carbocycles. The number of hydrogen-bond donors (Lipinski definition) is 1. The van der Waals surface area contributed by atoms with E-state index in [1.54, 1.807) is 25.3 Å². The topological polar surface area (TPSA) is 53.0 Å². The van der Waals surface area contributed by atoms with E-state index in [0.29, 0.717) is 5.56 Å². The van der Waals surface area contributed by atoms with Crippen molar-refractivity contribution >= 4 is 17.5 Å². The lowest BCUT2D eigenvalue weighted by Crippen LogP contribution is -2.44. The Morgan fingerprint density at radius 1 is 0.969 bits per heavy atom. The first kappa shape index (κ1) is 21.7. The van der Waals surface area contributed by atoms with Crippen molar-refractivity contribution in [2.75, 3.05) is 45.2 Å². The minimum Gasteiger partial charge on any atom is -0.508 e. The van der Waals surface area contributed by atoms with E-state index in [4.69, 9.17) is 4.74 Å². The molecule has 5 nitrogen and oxygen atoms in total. The Balaban J connectivity index is 1.70. The molecule has 1 fully saturated rings. The molecule has 1 aliphatic heterocycles. The van der Waals surface area contributed by atoms with Crippen LogP contribution in [-0.2, 0) is 0 Å². The van der Waals surface area contributed by atoms with Gasteiger partial charge in [0.1, 0.15) is 11.5 Å². The minimum atomic E-state index is -0.1000. The Bertz CT molecular complexity index is 1110. The van der Waals surface area contributed by atoms with E-state index >= 15 is 0 Å². The number of nitrogens with zero attached hydrogens (tertiary/aromatic N) is 2. The normalized spacial score (nSPS) is 14.6. The Morgan fingerprint density at radius 3 is 2.41 bits per heavy atom. The Labute approximate surface area is 189 Å². The van der Waals surface area contributed by atoms with Crippen LogP contribution in [0.5, 0.6) is 11.5 Å². The number of rotatable bonds is 6. The van der Waals surface area contributed by atoms with Crippen molar-refractivity contribution in [3.05, 3.63) is 83.9 Å². The number of allylic oxidation sites excluding steroid dienone is 1. The van der Waals surface area contributed by atoms with Gasteiger partial charge in [-0.05, 0) is 72.8 Å². The summed E-state index contributed by atoms with van der Waals surface area (Å²) in [5, 5.41) is 9.48. The number of phenols is 1. The number of methoxy groups -OCH3 is 1. The second-order valence-electron chi connectivity index (χ2n) is 8.01. The highest BCUT2D eigenvalue weighted by atomic mass is 16.5. The number of aromatic hydroxyl groups is 1. The van der Waals surface area contributed by atoms with Gasteiger partial charge in [-0.25, -0.2) is 0 Å². The Kier molecular flexibility index (Phi) is 6.57. The number of hydrogen-bond acceptors (Lipinski definition) is 5. The third kappa shape index (κ3) is 4.84. The molecule has 0 aromatic heterocycles. The van der Waals surface area contributed by atoms with Crippen molar-refractivity contribution in [3.8, 4) is 22.6 Å². The molecule has 4 rings (SSSR count). The first-order valence-corrected chi connectivity index (χ1v) is 10.8. The van der Waals surface area contributed by atoms with Gasteiger partial charge >= 0.3 is 0 Å². The standard InChI is InChI=1S/C27H28N2O3/c1-28-15-17-29(18-16-28)25-13-9-21(24-5-3-4-6-27(24)32-2)19-22(25)10-14-26(31)20-7-11-23(30)12-8-20/h3-14,19,30H,15-18H2,1-2H3. The molecule has 3 aromatic rings. The maximum Gasteiger partial charge on any atom is 0.185 e. The predicted octanol–water partition coefficient (Wildman–Crippen LogP) is 4.72. The zero-order valence-corrected chi connectivity index (χ0v) is 18.5. The Hall–Kier alpha value is -3.57. The van der Waals surface area contributed by atoms with Crippen LogP contribution in [0.1, 0.15) is 15.9 Å². The lowest BCUT2D eigenvalue weighted by atomic mass is 9.99. The molecule has 0 spiro atoms. The maximum absolute atomic E-state index is 12.7. The molecule has 32 heavy (non-hydrogen) atoms. The highest BCUT2D eigenvalue weighted by Crippen LogP contribution is 2.34. The van der Waals surface area contributed by atoms with E-state index in [9.17, 15) is 9.90 Å². The number of phenolic OH excluding ortho intramolecular Hbond substituents is 1. The van der Waals surface area contributed by atoms with Crippen molar-refractivity contribution in [1.29, 1.82) is 0 Å². The third-order valence-electron chi connectivity index (χ3n) is 5.86. The van der Waals surface area contributed by atoms with Gasteiger partial charge < -0.3 is 19.6 Å². The summed E-state index contributed by atoms with van der Waals surface area (Å²) in [4.78, 5) is 17.4. The fourth-order valence-electron chi connectivity index (χ4n) is 3.96. The molecule has 0 atom stereocenters. The summed E-state index contributed by atoms with van der Waals surface area (Å²) in [7, 11) is 3.81. The summed E-state index contributed by atoms with van der Waals surface area (Å²) in [6, 6.07) is 20.6. The molecule has 1 aliphatic rings. The van der Waals surface area contributed by atoms with E-state index < -0.39 is 0 Å². The zero-order valence-electron chi connectivity index (χ0n) is 18.5. The van der Waals surface area contributed by atoms with Crippen LogP contribution in [0.25, 0.3) is 17.2 Å². The monoisotopic (exact) mass is 428 g/mol. The molecule has 0 amide bonds. The van der Waals surface area contributed by atoms with Crippen molar-refractivity contribution in [2.24, 2.45) is 0 Å². The van der Waals surface area contributed by atoms with Gasteiger partial charge in [0.15, 0.2) is 5.78 Å². The summed E-state index contributed by atoms with van der Waals surface area (Å²) in [5.41, 5.74) is 4.70. The molecule has 0 radical (unpaired) electrons. The average molecular weight is 429 g/mol. The predicted molar refractivity (Wildman–Crippen MR) is 130 cm³/mol. The summed E-state index contributed by atoms with van der Waals surface area (Å²) < 4.78 is 5.56. The lowest BCUT2D eigenvalue weighted by Gasteiger charge is -2.35. The number of ketones is 1. The molecule has 0 aliphatic carbocycles. The van der Waals surface area contributed by atoms with Crippen LogP contribution in [0.3, 0.4) is 0 Å². The van der Waals surface area contributed by atoms with Gasteiger partial charge in [0, 0.05) is 43.0 Å². The molecule has 0 saturated carbocycles. The average Bonchev–Trinajstić information content (AvgIpc) is 2.83. The van der Waals surface area contributed by atoms with Gasteiger partial charge in [0.2, 0.25) is 0 Å². The molecule has 1 N–H and O–H groups in total. The fourth-order valence-corrected chi connectivity index (χ4v) is 3.96. The number of carbonyl (C=O) groups excluding carboxylic acids is 1. The molecular weight excluding hydrogens is 400 g/mol. The molecule has 5 heteroatoms. The van der Waals surface area contributed by atoms with Crippen LogP contribution in [0.4, 0.5) is 5.69 Å². The number of likely N-dealkylation sites (N-methyl/N-ethyl adjacent to an activating group) is 1. The summed E-state index contributed by atoms with van der Waals surface area (Å²) >= 11 is 0. The number of anilines is 1. The lowest BCUT2D eigenvalue weighted by molar-refractivity contribution is 0.104. The second kappa shape index (κ2) is 9.71. The highest BCUT2D eigenvalue weighted by molar-refractivity contribution is 6.07. The van der Waals surface area contributed by atoms with Gasteiger partial charge in [0.25, 0.3) is 0 Å². The summed E-state index contributed by atoms with van der Waals surface area (Å²) in [5.74, 6) is 0.861. The fraction of sp³-hybridized carbons (Fsp3) is 0.222. The maximum atomic E-state index is 12.7. The van der Waals surface area contributed by atoms with Crippen molar-refractivity contribution in [1.82, 2.24) is 4.90 Å². The molecular formula is C27H28N2O3. The van der Waals surface area contributed by atoms with Gasteiger partial charge in [-0.1, -0.05) is 24.3 Å². The molecule has 0 bridgehead atoms. The molecule has 0 unspecified atom stereocenters. The summed E-state index contributed by atoms with van der Waals surface area (Å²) in [6.07, 6.45) is 3.50. The van der Waals surface area contributed by atoms with Gasteiger partial charge in [0.05, 0.1) is 7.11 Å².